The molecule has 2 N–H and O–H groups in total. The van der Waals surface area contributed by atoms with Crippen molar-refractivity contribution in [3.05, 3.63) is 29.8 Å². The van der Waals surface area contributed by atoms with E-state index in [0.29, 0.717) is 31.9 Å². The Morgan fingerprint density at radius 2 is 1.88 bits per heavy atom. The fraction of sp³-hybridized carbons (Fsp3) is 0.579. The van der Waals surface area contributed by atoms with E-state index in [9.17, 15) is 9.59 Å². The number of amides is 1. The van der Waals surface area contributed by atoms with Crippen molar-refractivity contribution >= 4 is 11.9 Å². The van der Waals surface area contributed by atoms with E-state index >= 15 is 0 Å². The Balaban J connectivity index is 1.70. The second-order valence-corrected chi connectivity index (χ2v) is 6.76. The minimum Gasteiger partial charge on any atom is -0.492 e. The Kier molecular flexibility index (Phi) is 6.64. The average Bonchev–Trinajstić information content (AvgIpc) is 2.59. The molecule has 2 rings (SSSR count). The van der Waals surface area contributed by atoms with Gasteiger partial charge in [0, 0.05) is 5.92 Å². The smallest absolute Gasteiger partial charge is 0.306 e. The van der Waals surface area contributed by atoms with Crippen LogP contribution in [0.15, 0.2) is 24.3 Å². The third kappa shape index (κ3) is 5.25. The van der Waals surface area contributed by atoms with Gasteiger partial charge in [0.1, 0.15) is 12.4 Å². The van der Waals surface area contributed by atoms with Crippen LogP contribution in [0.2, 0.25) is 0 Å². The molecule has 0 spiro atoms. The van der Waals surface area contributed by atoms with E-state index in [1.807, 2.05) is 24.3 Å². The van der Waals surface area contributed by atoms with Crippen LogP contribution < -0.4 is 10.1 Å². The van der Waals surface area contributed by atoms with Crippen molar-refractivity contribution in [1.29, 1.82) is 0 Å². The number of carbonyl (C=O) groups is 2. The summed E-state index contributed by atoms with van der Waals surface area (Å²) in [5, 5.41) is 11.9. The highest BCUT2D eigenvalue weighted by atomic mass is 16.5. The first-order chi connectivity index (χ1) is 11.5. The summed E-state index contributed by atoms with van der Waals surface area (Å²) < 4.78 is 5.63. The number of ether oxygens (including phenoxy) is 1. The number of hydrogen-bond acceptors (Lipinski definition) is 3. The molecule has 5 heteroatoms. The number of hydrogen-bond donors (Lipinski definition) is 2. The van der Waals surface area contributed by atoms with E-state index in [4.69, 9.17) is 9.84 Å². The van der Waals surface area contributed by atoms with Gasteiger partial charge < -0.3 is 15.2 Å². The number of benzene rings is 1. The molecule has 0 aromatic heterocycles. The zero-order chi connectivity index (χ0) is 17.5. The van der Waals surface area contributed by atoms with Crippen molar-refractivity contribution in [3.8, 4) is 5.75 Å². The van der Waals surface area contributed by atoms with E-state index in [0.717, 1.165) is 18.6 Å². The molecule has 1 saturated carbocycles. The van der Waals surface area contributed by atoms with Crippen LogP contribution >= 0.6 is 0 Å². The Hall–Kier alpha value is -2.04. The van der Waals surface area contributed by atoms with E-state index in [1.54, 1.807) is 0 Å². The number of carbonyl (C=O) groups excluding carboxylic acids is 1. The Morgan fingerprint density at radius 3 is 2.50 bits per heavy atom. The van der Waals surface area contributed by atoms with Crippen LogP contribution in [0.25, 0.3) is 0 Å². The minimum atomic E-state index is -0.791. The number of nitrogens with one attached hydrogen (secondary N) is 1. The van der Waals surface area contributed by atoms with Crippen LogP contribution in [0.5, 0.6) is 5.75 Å². The maximum atomic E-state index is 12.1. The molecule has 1 aliphatic carbocycles. The molecule has 132 valence electrons. The maximum Gasteiger partial charge on any atom is 0.306 e. The van der Waals surface area contributed by atoms with Gasteiger partial charge >= 0.3 is 5.97 Å². The van der Waals surface area contributed by atoms with Crippen LogP contribution in [0.4, 0.5) is 0 Å². The molecule has 5 nitrogen and oxygen atoms in total. The Labute approximate surface area is 143 Å². The lowest BCUT2D eigenvalue weighted by atomic mass is 9.81. The molecule has 0 bridgehead atoms. The summed E-state index contributed by atoms with van der Waals surface area (Å²) in [4.78, 5) is 23.2. The van der Waals surface area contributed by atoms with Gasteiger partial charge in [0.25, 0.3) is 0 Å². The molecule has 1 aromatic rings. The lowest BCUT2D eigenvalue weighted by Gasteiger charge is -2.25. The van der Waals surface area contributed by atoms with Crippen molar-refractivity contribution in [3.63, 3.8) is 0 Å². The zero-order valence-corrected chi connectivity index (χ0v) is 14.5. The summed E-state index contributed by atoms with van der Waals surface area (Å²) in [6.07, 6.45) is 2.69. The zero-order valence-electron chi connectivity index (χ0n) is 14.5. The maximum absolute atomic E-state index is 12.1. The lowest BCUT2D eigenvalue weighted by Crippen LogP contribution is -2.37. The largest absolute Gasteiger partial charge is 0.492 e. The summed E-state index contributed by atoms with van der Waals surface area (Å²) in [6.45, 7) is 5.12. The van der Waals surface area contributed by atoms with Gasteiger partial charge in [0.05, 0.1) is 12.5 Å². The monoisotopic (exact) mass is 333 g/mol. The van der Waals surface area contributed by atoms with Crippen molar-refractivity contribution in [2.45, 2.75) is 45.4 Å². The molecule has 0 heterocycles. The number of aliphatic carboxylic acids is 1. The predicted molar refractivity (Wildman–Crippen MR) is 92.1 cm³/mol. The molecule has 1 fully saturated rings. The van der Waals surface area contributed by atoms with Crippen LogP contribution in [0, 0.1) is 11.8 Å². The van der Waals surface area contributed by atoms with Crippen molar-refractivity contribution in [2.24, 2.45) is 11.8 Å². The first-order valence-corrected chi connectivity index (χ1v) is 8.70. The summed E-state index contributed by atoms with van der Waals surface area (Å²) in [6, 6.07) is 7.98. The molecule has 1 amide bonds. The Morgan fingerprint density at radius 1 is 1.21 bits per heavy atom. The molecule has 0 radical (unpaired) electrons. The third-order valence-corrected chi connectivity index (χ3v) is 4.61. The first-order valence-electron chi connectivity index (χ1n) is 8.70. The van der Waals surface area contributed by atoms with Crippen LogP contribution in [-0.2, 0) is 9.59 Å². The van der Waals surface area contributed by atoms with Crippen molar-refractivity contribution in [1.82, 2.24) is 5.32 Å². The molecular formula is C19H27NO4. The lowest BCUT2D eigenvalue weighted by molar-refractivity contribution is -0.144. The Bertz CT molecular complexity index is 553. The van der Waals surface area contributed by atoms with Crippen molar-refractivity contribution < 1.29 is 19.4 Å². The molecule has 0 saturated heterocycles. The summed E-state index contributed by atoms with van der Waals surface area (Å²) in [7, 11) is 0. The molecule has 2 unspecified atom stereocenters. The fourth-order valence-electron chi connectivity index (χ4n) is 3.09. The SMILES string of the molecule is CC(C)c1ccc(OCCNC(=O)C2CCCC(C(=O)O)C2)cc1. The standard InChI is InChI=1S/C19H27NO4/c1-13(2)14-6-8-17(9-7-14)24-11-10-20-18(21)15-4-3-5-16(12-15)19(22)23/h6-9,13,15-16H,3-5,10-12H2,1-2H3,(H,20,21)(H,22,23). The fourth-order valence-corrected chi connectivity index (χ4v) is 3.09. The second-order valence-electron chi connectivity index (χ2n) is 6.76. The van der Waals surface area contributed by atoms with Crippen LogP contribution in [0.3, 0.4) is 0 Å². The summed E-state index contributed by atoms with van der Waals surface area (Å²) >= 11 is 0. The molecular weight excluding hydrogens is 306 g/mol. The molecule has 24 heavy (non-hydrogen) atoms. The third-order valence-electron chi connectivity index (χ3n) is 4.61. The first kappa shape index (κ1) is 18.3. The van der Waals surface area contributed by atoms with Gasteiger partial charge in [-0.05, 0) is 42.9 Å². The van der Waals surface area contributed by atoms with E-state index in [2.05, 4.69) is 19.2 Å². The van der Waals surface area contributed by atoms with Gasteiger partial charge in [-0.3, -0.25) is 9.59 Å². The van der Waals surface area contributed by atoms with E-state index < -0.39 is 5.97 Å². The van der Waals surface area contributed by atoms with Gasteiger partial charge in [-0.15, -0.1) is 0 Å². The average molecular weight is 333 g/mol. The topological polar surface area (TPSA) is 75.6 Å². The highest BCUT2D eigenvalue weighted by Crippen LogP contribution is 2.29. The minimum absolute atomic E-state index is 0.0558. The van der Waals surface area contributed by atoms with Gasteiger partial charge in [-0.2, -0.15) is 0 Å². The molecule has 0 aliphatic heterocycles. The quantitative estimate of drug-likeness (QED) is 0.751. The second kappa shape index (κ2) is 8.71. The molecule has 2 atom stereocenters. The van der Waals surface area contributed by atoms with Gasteiger partial charge in [-0.1, -0.05) is 32.4 Å². The van der Waals surface area contributed by atoms with Crippen molar-refractivity contribution in [2.75, 3.05) is 13.2 Å². The van der Waals surface area contributed by atoms with E-state index in [1.165, 1.54) is 5.56 Å². The van der Waals surface area contributed by atoms with Crippen LogP contribution in [-0.4, -0.2) is 30.1 Å². The summed E-state index contributed by atoms with van der Waals surface area (Å²) in [5.41, 5.74) is 1.26. The number of carboxylic acid groups (broad SMARTS) is 1. The van der Waals surface area contributed by atoms with Gasteiger partial charge in [-0.25, -0.2) is 0 Å². The number of carboxylic acids is 1. The van der Waals surface area contributed by atoms with Gasteiger partial charge in [0.2, 0.25) is 5.91 Å². The van der Waals surface area contributed by atoms with Crippen LogP contribution in [0.1, 0.15) is 51.0 Å². The van der Waals surface area contributed by atoms with Gasteiger partial charge in [0.15, 0.2) is 0 Å². The normalized spacial score (nSPS) is 20.6. The number of rotatable bonds is 7. The highest BCUT2D eigenvalue weighted by molar-refractivity contribution is 5.80. The molecule has 1 aromatic carbocycles. The predicted octanol–water partition coefficient (Wildman–Crippen LogP) is 3.20. The van der Waals surface area contributed by atoms with E-state index in [-0.39, 0.29) is 17.7 Å². The molecule has 1 aliphatic rings. The highest BCUT2D eigenvalue weighted by Gasteiger charge is 2.30. The summed E-state index contributed by atoms with van der Waals surface area (Å²) in [5.74, 6) is -0.142.